The smallest absolute Gasteiger partial charge is 0.240 e. The Labute approximate surface area is 112 Å². The Hall–Kier alpha value is -2.10. The molecule has 0 aliphatic heterocycles. The lowest BCUT2D eigenvalue weighted by molar-refractivity contribution is -0.123. The molecule has 1 aromatic carbocycles. The van der Waals surface area contributed by atoms with Gasteiger partial charge in [-0.05, 0) is 32.9 Å². The molecule has 19 heavy (non-hydrogen) atoms. The minimum Gasteiger partial charge on any atom is -0.350 e. The number of fused-ring (bicyclic) bond motifs is 1. The molecule has 0 aliphatic rings. The summed E-state index contributed by atoms with van der Waals surface area (Å²) in [5.41, 5.74) is 1.15. The van der Waals surface area contributed by atoms with Crippen LogP contribution in [0.15, 0.2) is 30.5 Å². The van der Waals surface area contributed by atoms with Crippen molar-refractivity contribution in [1.29, 1.82) is 0 Å². The van der Waals surface area contributed by atoms with Crippen molar-refractivity contribution < 1.29 is 9.59 Å². The van der Waals surface area contributed by atoms with Crippen LogP contribution in [0.3, 0.4) is 0 Å². The highest BCUT2D eigenvalue weighted by atomic mass is 16.2. The van der Waals surface area contributed by atoms with Gasteiger partial charge in [-0.15, -0.1) is 0 Å². The average molecular weight is 258 g/mol. The number of amides is 1. The summed E-state index contributed by atoms with van der Waals surface area (Å²) in [6, 6.07) is 7.44. The van der Waals surface area contributed by atoms with Crippen LogP contribution in [0.25, 0.3) is 10.9 Å². The van der Waals surface area contributed by atoms with Gasteiger partial charge in [-0.2, -0.15) is 0 Å². The third kappa shape index (κ3) is 3.02. The van der Waals surface area contributed by atoms with Crippen LogP contribution in [0.4, 0.5) is 0 Å². The molecule has 0 saturated heterocycles. The summed E-state index contributed by atoms with van der Waals surface area (Å²) < 4.78 is 1.81. The number of carbonyl (C=O) groups is 2. The van der Waals surface area contributed by atoms with E-state index in [1.165, 1.54) is 0 Å². The molecule has 0 unspecified atom stereocenters. The zero-order chi connectivity index (χ0) is 14.0. The van der Waals surface area contributed by atoms with Gasteiger partial charge in [0.1, 0.15) is 6.54 Å². The van der Waals surface area contributed by atoms with Crippen molar-refractivity contribution in [3.05, 3.63) is 36.0 Å². The van der Waals surface area contributed by atoms with Crippen LogP contribution in [0.1, 0.15) is 31.1 Å². The molecule has 4 heteroatoms. The van der Waals surface area contributed by atoms with E-state index in [4.69, 9.17) is 0 Å². The maximum atomic E-state index is 11.9. The SMILES string of the molecule is CC(C)(C)NC(=O)Cn1ccc2cccc(C=O)c21. The highest BCUT2D eigenvalue weighted by Gasteiger charge is 2.15. The first-order valence-electron chi connectivity index (χ1n) is 6.25. The van der Waals surface area contributed by atoms with E-state index in [9.17, 15) is 9.59 Å². The Bertz CT molecular complexity index is 621. The molecule has 0 saturated carbocycles. The third-order valence-corrected chi connectivity index (χ3v) is 2.78. The number of hydrogen-bond donors (Lipinski definition) is 1. The van der Waals surface area contributed by atoms with Crippen molar-refractivity contribution in [1.82, 2.24) is 9.88 Å². The molecule has 0 fully saturated rings. The normalized spacial score (nSPS) is 11.5. The van der Waals surface area contributed by atoms with Crippen molar-refractivity contribution >= 4 is 23.1 Å². The molecule has 0 radical (unpaired) electrons. The zero-order valence-corrected chi connectivity index (χ0v) is 11.4. The van der Waals surface area contributed by atoms with Gasteiger partial charge in [-0.25, -0.2) is 0 Å². The largest absolute Gasteiger partial charge is 0.350 e. The van der Waals surface area contributed by atoms with Gasteiger partial charge in [0.15, 0.2) is 6.29 Å². The molecule has 1 aromatic heterocycles. The fraction of sp³-hybridized carbons (Fsp3) is 0.333. The summed E-state index contributed by atoms with van der Waals surface area (Å²) in [5, 5.41) is 3.88. The molecule has 2 rings (SSSR count). The lowest BCUT2D eigenvalue weighted by Crippen LogP contribution is -2.42. The summed E-state index contributed by atoms with van der Waals surface area (Å²) in [5.74, 6) is -0.0642. The van der Waals surface area contributed by atoms with Crippen LogP contribution >= 0.6 is 0 Å². The van der Waals surface area contributed by atoms with Gasteiger partial charge in [0.25, 0.3) is 0 Å². The second-order valence-electron chi connectivity index (χ2n) is 5.64. The minimum absolute atomic E-state index is 0.0642. The van der Waals surface area contributed by atoms with E-state index >= 15 is 0 Å². The van der Waals surface area contributed by atoms with Gasteiger partial charge in [-0.3, -0.25) is 9.59 Å². The Kier molecular flexibility index (Phi) is 3.42. The number of nitrogens with zero attached hydrogens (tertiary/aromatic N) is 1. The average Bonchev–Trinajstić information content (AvgIpc) is 2.70. The number of aromatic nitrogens is 1. The molecule has 0 atom stereocenters. The quantitative estimate of drug-likeness (QED) is 0.859. The van der Waals surface area contributed by atoms with E-state index in [-0.39, 0.29) is 18.0 Å². The highest BCUT2D eigenvalue weighted by molar-refractivity contribution is 5.97. The van der Waals surface area contributed by atoms with Crippen molar-refractivity contribution in [2.75, 3.05) is 0 Å². The van der Waals surface area contributed by atoms with Gasteiger partial charge >= 0.3 is 0 Å². The maximum absolute atomic E-state index is 11.9. The monoisotopic (exact) mass is 258 g/mol. The number of carbonyl (C=O) groups excluding carboxylic acids is 2. The number of nitrogens with one attached hydrogen (secondary N) is 1. The van der Waals surface area contributed by atoms with Gasteiger partial charge in [0.05, 0.1) is 5.52 Å². The van der Waals surface area contributed by atoms with Crippen molar-refractivity contribution in [3.63, 3.8) is 0 Å². The second-order valence-corrected chi connectivity index (χ2v) is 5.64. The van der Waals surface area contributed by atoms with E-state index in [0.29, 0.717) is 5.56 Å². The molecule has 2 aromatic rings. The summed E-state index contributed by atoms with van der Waals surface area (Å²) in [4.78, 5) is 23.0. The predicted octanol–water partition coefficient (Wildman–Crippen LogP) is 2.37. The summed E-state index contributed by atoms with van der Waals surface area (Å²) in [6.45, 7) is 6.03. The van der Waals surface area contributed by atoms with Gasteiger partial charge in [0.2, 0.25) is 5.91 Å². The topological polar surface area (TPSA) is 51.1 Å². The van der Waals surface area contributed by atoms with Crippen LogP contribution in [-0.2, 0) is 11.3 Å². The Morgan fingerprint density at radius 3 is 2.68 bits per heavy atom. The molecular formula is C15H18N2O2. The summed E-state index contributed by atoms with van der Waals surface area (Å²) in [7, 11) is 0. The number of rotatable bonds is 3. The number of benzene rings is 1. The van der Waals surface area contributed by atoms with Gasteiger partial charge in [-0.1, -0.05) is 12.1 Å². The predicted molar refractivity (Wildman–Crippen MR) is 75.2 cm³/mol. The molecule has 1 heterocycles. The van der Waals surface area contributed by atoms with E-state index in [2.05, 4.69) is 5.32 Å². The van der Waals surface area contributed by atoms with Crippen molar-refractivity contribution in [3.8, 4) is 0 Å². The molecular weight excluding hydrogens is 240 g/mol. The minimum atomic E-state index is -0.256. The molecule has 0 spiro atoms. The fourth-order valence-corrected chi connectivity index (χ4v) is 2.13. The van der Waals surface area contributed by atoms with E-state index in [0.717, 1.165) is 17.2 Å². The molecule has 4 nitrogen and oxygen atoms in total. The van der Waals surface area contributed by atoms with Crippen molar-refractivity contribution in [2.24, 2.45) is 0 Å². The summed E-state index contributed by atoms with van der Waals surface area (Å²) >= 11 is 0. The molecule has 1 amide bonds. The van der Waals surface area contributed by atoms with E-state index in [1.54, 1.807) is 10.6 Å². The Balaban J connectivity index is 2.31. The lowest BCUT2D eigenvalue weighted by Gasteiger charge is -2.20. The molecule has 100 valence electrons. The van der Waals surface area contributed by atoms with Crippen LogP contribution in [0.2, 0.25) is 0 Å². The first-order chi connectivity index (χ1) is 8.90. The van der Waals surface area contributed by atoms with Crippen molar-refractivity contribution in [2.45, 2.75) is 32.9 Å². The third-order valence-electron chi connectivity index (χ3n) is 2.78. The number of aldehydes is 1. The Morgan fingerprint density at radius 2 is 2.05 bits per heavy atom. The highest BCUT2D eigenvalue weighted by Crippen LogP contribution is 2.19. The second kappa shape index (κ2) is 4.88. The van der Waals surface area contributed by atoms with Gasteiger partial charge in [0, 0.05) is 22.7 Å². The fourth-order valence-electron chi connectivity index (χ4n) is 2.13. The van der Waals surface area contributed by atoms with Crippen LogP contribution in [0, 0.1) is 0 Å². The first kappa shape index (κ1) is 13.3. The lowest BCUT2D eigenvalue weighted by atomic mass is 10.1. The number of hydrogen-bond acceptors (Lipinski definition) is 2. The van der Waals surface area contributed by atoms with E-state index in [1.807, 2.05) is 45.2 Å². The summed E-state index contributed by atoms with van der Waals surface area (Å²) in [6.07, 6.45) is 2.65. The van der Waals surface area contributed by atoms with Crippen LogP contribution < -0.4 is 5.32 Å². The van der Waals surface area contributed by atoms with E-state index < -0.39 is 0 Å². The molecule has 0 bridgehead atoms. The Morgan fingerprint density at radius 1 is 1.32 bits per heavy atom. The standard InChI is InChI=1S/C15H18N2O2/c1-15(2,3)16-13(19)9-17-8-7-11-5-4-6-12(10-18)14(11)17/h4-8,10H,9H2,1-3H3,(H,16,19). The molecule has 0 aliphatic carbocycles. The molecule has 1 N–H and O–H groups in total. The number of para-hydroxylation sites is 1. The zero-order valence-electron chi connectivity index (χ0n) is 11.4. The maximum Gasteiger partial charge on any atom is 0.240 e. The first-order valence-corrected chi connectivity index (χ1v) is 6.25. The van der Waals surface area contributed by atoms with Crippen LogP contribution in [-0.4, -0.2) is 22.3 Å². The van der Waals surface area contributed by atoms with Crippen LogP contribution in [0.5, 0.6) is 0 Å². The van der Waals surface area contributed by atoms with Gasteiger partial charge < -0.3 is 9.88 Å².